The molecule has 0 spiro atoms. The molecule has 1 atom stereocenters. The van der Waals surface area contributed by atoms with Crippen molar-refractivity contribution in [1.29, 1.82) is 0 Å². The van der Waals surface area contributed by atoms with Gasteiger partial charge in [0.1, 0.15) is 0 Å². The largest absolute Gasteiger partial charge is 0.365 e. The lowest BCUT2D eigenvalue weighted by Gasteiger charge is -2.41. The van der Waals surface area contributed by atoms with Crippen LogP contribution in [0.3, 0.4) is 0 Å². The third-order valence-corrected chi connectivity index (χ3v) is 4.81. The van der Waals surface area contributed by atoms with Gasteiger partial charge in [-0.1, -0.05) is 34.1 Å². The molecule has 0 aromatic heterocycles. The minimum absolute atomic E-state index is 0.113. The van der Waals surface area contributed by atoms with Crippen molar-refractivity contribution in [2.75, 3.05) is 24.5 Å². The summed E-state index contributed by atoms with van der Waals surface area (Å²) < 4.78 is 0.940. The zero-order valence-corrected chi connectivity index (χ0v) is 15.1. The van der Waals surface area contributed by atoms with Crippen molar-refractivity contribution < 1.29 is 4.79 Å². The second kappa shape index (κ2) is 6.75. The molecule has 2 aromatic carbocycles. The number of hydrogen-bond donors (Lipinski definition) is 0. The van der Waals surface area contributed by atoms with Crippen LogP contribution in [0.15, 0.2) is 53.0 Å². The Bertz CT molecular complexity index is 716. The summed E-state index contributed by atoms with van der Waals surface area (Å²) in [6, 6.07) is 16.5. The molecular weight excluding hydrogens is 352 g/mol. The third-order valence-electron chi connectivity index (χ3n) is 4.32. The van der Waals surface area contributed by atoms with Crippen molar-refractivity contribution in [3.63, 3.8) is 0 Å². The fourth-order valence-electron chi connectivity index (χ4n) is 3.14. The number of rotatable bonds is 2. The number of aryl methyl sites for hydroxylation is 1. The summed E-state index contributed by atoms with van der Waals surface area (Å²) >= 11 is 3.43. The van der Waals surface area contributed by atoms with Gasteiger partial charge in [-0.2, -0.15) is 0 Å². The van der Waals surface area contributed by atoms with Gasteiger partial charge in [-0.15, -0.1) is 0 Å². The molecule has 2 aromatic rings. The molecule has 0 unspecified atom stereocenters. The van der Waals surface area contributed by atoms with E-state index < -0.39 is 0 Å². The first-order valence-corrected chi connectivity index (χ1v) is 8.72. The number of halogens is 1. The summed E-state index contributed by atoms with van der Waals surface area (Å²) in [5.74, 6) is 0.113. The zero-order chi connectivity index (χ0) is 16.4. The fourth-order valence-corrected chi connectivity index (χ4v) is 3.54. The summed E-state index contributed by atoms with van der Waals surface area (Å²) in [5, 5.41) is 0. The number of amides is 1. The molecule has 1 aliphatic rings. The highest BCUT2D eigenvalue weighted by atomic mass is 79.9. The van der Waals surface area contributed by atoms with Crippen LogP contribution in [0.5, 0.6) is 0 Å². The monoisotopic (exact) mass is 372 g/mol. The molecule has 0 N–H and O–H groups in total. The summed E-state index contributed by atoms with van der Waals surface area (Å²) in [7, 11) is 0. The van der Waals surface area contributed by atoms with E-state index in [-0.39, 0.29) is 5.91 Å². The van der Waals surface area contributed by atoms with Crippen LogP contribution >= 0.6 is 15.9 Å². The highest BCUT2D eigenvalue weighted by molar-refractivity contribution is 9.10. The Morgan fingerprint density at radius 2 is 1.91 bits per heavy atom. The van der Waals surface area contributed by atoms with Gasteiger partial charge in [-0.3, -0.25) is 4.79 Å². The van der Waals surface area contributed by atoms with Crippen LogP contribution < -0.4 is 4.90 Å². The first-order chi connectivity index (χ1) is 11.0. The molecule has 0 saturated carbocycles. The van der Waals surface area contributed by atoms with Crippen LogP contribution in [0.1, 0.15) is 22.8 Å². The molecule has 120 valence electrons. The average molecular weight is 373 g/mol. The van der Waals surface area contributed by atoms with Crippen LogP contribution in [-0.4, -0.2) is 36.5 Å². The molecule has 0 bridgehead atoms. The van der Waals surface area contributed by atoms with Crippen molar-refractivity contribution >= 4 is 27.5 Å². The highest BCUT2D eigenvalue weighted by Gasteiger charge is 2.27. The zero-order valence-electron chi connectivity index (χ0n) is 13.5. The van der Waals surface area contributed by atoms with Crippen molar-refractivity contribution in [3.8, 4) is 0 Å². The number of anilines is 1. The van der Waals surface area contributed by atoms with Gasteiger partial charge in [0, 0.05) is 41.4 Å². The Labute approximate surface area is 146 Å². The molecule has 3 rings (SSSR count). The Hall–Kier alpha value is -1.81. The average Bonchev–Trinajstić information content (AvgIpc) is 2.54. The predicted molar refractivity (Wildman–Crippen MR) is 98.0 cm³/mol. The molecule has 1 saturated heterocycles. The van der Waals surface area contributed by atoms with Gasteiger partial charge >= 0.3 is 0 Å². The molecule has 1 fully saturated rings. The quantitative estimate of drug-likeness (QED) is 0.791. The lowest BCUT2D eigenvalue weighted by atomic mass is 10.1. The molecule has 1 aliphatic heterocycles. The second-order valence-electron chi connectivity index (χ2n) is 6.14. The maximum Gasteiger partial charge on any atom is 0.254 e. The Morgan fingerprint density at radius 1 is 1.13 bits per heavy atom. The van der Waals surface area contributed by atoms with Gasteiger partial charge in [-0.25, -0.2) is 0 Å². The topological polar surface area (TPSA) is 23.6 Å². The number of hydrogen-bond acceptors (Lipinski definition) is 2. The second-order valence-corrected chi connectivity index (χ2v) is 7.06. The van der Waals surface area contributed by atoms with E-state index in [0.717, 1.165) is 29.7 Å². The van der Waals surface area contributed by atoms with E-state index in [1.54, 1.807) is 0 Å². The minimum Gasteiger partial charge on any atom is -0.365 e. The SMILES string of the molecule is Cc1cccc(N2CCN(C(=O)c3cccc(Br)c3)C[C@H]2C)c1. The van der Waals surface area contributed by atoms with Crippen LogP contribution in [0.25, 0.3) is 0 Å². The first-order valence-electron chi connectivity index (χ1n) is 7.93. The van der Waals surface area contributed by atoms with E-state index >= 15 is 0 Å². The van der Waals surface area contributed by atoms with Gasteiger partial charge < -0.3 is 9.80 Å². The molecular formula is C19H21BrN2O. The Balaban J connectivity index is 1.72. The molecule has 4 heteroatoms. The van der Waals surface area contributed by atoms with E-state index in [1.165, 1.54) is 11.3 Å². The van der Waals surface area contributed by atoms with Crippen molar-refractivity contribution in [2.24, 2.45) is 0 Å². The minimum atomic E-state index is 0.113. The van der Waals surface area contributed by atoms with Crippen LogP contribution in [0, 0.1) is 6.92 Å². The summed E-state index contributed by atoms with van der Waals surface area (Å²) in [6.45, 7) is 6.66. The number of carbonyl (C=O) groups excluding carboxylic acids is 1. The molecule has 1 amide bonds. The Kier molecular flexibility index (Phi) is 4.71. The van der Waals surface area contributed by atoms with Crippen molar-refractivity contribution in [3.05, 3.63) is 64.1 Å². The standard InChI is InChI=1S/C19H21BrN2O/c1-14-5-3-8-18(11-14)22-10-9-21(13-15(22)2)19(23)16-6-4-7-17(20)12-16/h3-8,11-12,15H,9-10,13H2,1-2H3/t15-/m1/s1. The van der Waals surface area contributed by atoms with E-state index in [9.17, 15) is 4.79 Å². The highest BCUT2D eigenvalue weighted by Crippen LogP contribution is 2.23. The van der Waals surface area contributed by atoms with Gasteiger partial charge in [0.2, 0.25) is 0 Å². The van der Waals surface area contributed by atoms with E-state index in [2.05, 4.69) is 58.9 Å². The van der Waals surface area contributed by atoms with Gasteiger partial charge in [-0.05, 0) is 49.7 Å². The van der Waals surface area contributed by atoms with Crippen molar-refractivity contribution in [2.45, 2.75) is 19.9 Å². The number of carbonyl (C=O) groups is 1. The lowest BCUT2D eigenvalue weighted by Crippen LogP contribution is -2.53. The lowest BCUT2D eigenvalue weighted by molar-refractivity contribution is 0.0726. The van der Waals surface area contributed by atoms with Gasteiger partial charge in [0.05, 0.1) is 0 Å². The maximum atomic E-state index is 12.7. The molecule has 0 radical (unpaired) electrons. The molecule has 0 aliphatic carbocycles. The summed E-state index contributed by atoms with van der Waals surface area (Å²) in [5.41, 5.74) is 3.25. The van der Waals surface area contributed by atoms with Gasteiger partial charge in [0.15, 0.2) is 0 Å². The first kappa shape index (κ1) is 16.1. The van der Waals surface area contributed by atoms with Gasteiger partial charge in [0.25, 0.3) is 5.91 Å². The fraction of sp³-hybridized carbons (Fsp3) is 0.316. The van der Waals surface area contributed by atoms with E-state index in [4.69, 9.17) is 0 Å². The van der Waals surface area contributed by atoms with Crippen LogP contribution in [-0.2, 0) is 0 Å². The van der Waals surface area contributed by atoms with E-state index in [0.29, 0.717) is 6.04 Å². The Morgan fingerprint density at radius 3 is 2.61 bits per heavy atom. The number of benzene rings is 2. The molecule has 1 heterocycles. The summed E-state index contributed by atoms with van der Waals surface area (Å²) in [6.07, 6.45) is 0. The smallest absolute Gasteiger partial charge is 0.254 e. The van der Waals surface area contributed by atoms with Crippen LogP contribution in [0.2, 0.25) is 0 Å². The number of nitrogens with zero attached hydrogens (tertiary/aromatic N) is 2. The van der Waals surface area contributed by atoms with Crippen LogP contribution in [0.4, 0.5) is 5.69 Å². The normalized spacial score (nSPS) is 18.1. The maximum absolute atomic E-state index is 12.7. The molecule has 3 nitrogen and oxygen atoms in total. The third kappa shape index (κ3) is 3.58. The predicted octanol–water partition coefficient (Wildman–Crippen LogP) is 4.11. The van der Waals surface area contributed by atoms with E-state index in [1.807, 2.05) is 29.2 Å². The summed E-state index contributed by atoms with van der Waals surface area (Å²) in [4.78, 5) is 17.0. The number of piperazine rings is 1. The van der Waals surface area contributed by atoms with Crippen molar-refractivity contribution in [1.82, 2.24) is 4.90 Å². The molecule has 23 heavy (non-hydrogen) atoms.